The van der Waals surface area contributed by atoms with Crippen LogP contribution in [-0.4, -0.2) is 69.9 Å². The topological polar surface area (TPSA) is 102 Å². The van der Waals surface area contributed by atoms with Crippen LogP contribution in [0, 0.1) is 11.7 Å². The smallest absolute Gasteiger partial charge is 0.248 e. The van der Waals surface area contributed by atoms with Crippen LogP contribution in [0.4, 0.5) is 10.1 Å². The molecule has 2 aromatic carbocycles. The van der Waals surface area contributed by atoms with Crippen molar-refractivity contribution in [3.63, 3.8) is 0 Å². The number of hydrogen-bond acceptors (Lipinski definition) is 5. The van der Waals surface area contributed by atoms with Gasteiger partial charge in [0, 0.05) is 31.9 Å². The average Bonchev–Trinajstić information content (AvgIpc) is 2.99. The lowest BCUT2D eigenvalue weighted by Crippen LogP contribution is -2.75. The molecule has 0 unspecified atom stereocenters. The number of nitrogens with zero attached hydrogens (tertiary/aromatic N) is 2. The van der Waals surface area contributed by atoms with Crippen molar-refractivity contribution in [2.24, 2.45) is 5.92 Å². The summed E-state index contributed by atoms with van der Waals surface area (Å²) in [5, 5.41) is 16.8. The van der Waals surface area contributed by atoms with Gasteiger partial charge in [0.1, 0.15) is 17.4 Å². The number of carbonyl (C=O) groups excluding carboxylic acids is 3. The summed E-state index contributed by atoms with van der Waals surface area (Å²) in [7, 11) is 0. The molecule has 10 heteroatoms. The molecular formula is C33H46ClFN4O4. The summed E-state index contributed by atoms with van der Waals surface area (Å²) in [6.07, 6.45) is 3.57. The van der Waals surface area contributed by atoms with Crippen molar-refractivity contribution in [3.8, 4) is 0 Å². The van der Waals surface area contributed by atoms with Crippen LogP contribution in [-0.2, 0) is 27.3 Å². The Kier molecular flexibility index (Phi) is 12.5. The largest absolute Gasteiger partial charge is 0.390 e. The highest BCUT2D eigenvalue weighted by Crippen LogP contribution is 2.35. The number of nitrogens with one attached hydrogen (secondary N) is 2. The number of rotatable bonds is 12. The highest BCUT2D eigenvalue weighted by molar-refractivity contribution is 6.00. The number of carbonyl (C=O) groups is 3. The minimum atomic E-state index is -0.895. The number of piperazine rings is 1. The van der Waals surface area contributed by atoms with E-state index in [-0.39, 0.29) is 48.3 Å². The van der Waals surface area contributed by atoms with Crippen molar-refractivity contribution in [1.29, 1.82) is 0 Å². The third-order valence-electron chi connectivity index (χ3n) is 8.97. The van der Waals surface area contributed by atoms with Gasteiger partial charge < -0.3 is 20.6 Å². The maximum absolute atomic E-state index is 13.7. The van der Waals surface area contributed by atoms with Gasteiger partial charge in [-0.05, 0) is 60.6 Å². The second-order valence-corrected chi connectivity index (χ2v) is 11.7. The van der Waals surface area contributed by atoms with Gasteiger partial charge in [-0.1, -0.05) is 64.3 Å². The minimum Gasteiger partial charge on any atom is -0.390 e. The monoisotopic (exact) mass is 616 g/mol. The van der Waals surface area contributed by atoms with Crippen molar-refractivity contribution < 1.29 is 23.9 Å². The van der Waals surface area contributed by atoms with E-state index in [1.165, 1.54) is 12.1 Å². The number of piperidine rings is 1. The van der Waals surface area contributed by atoms with Crippen molar-refractivity contribution in [2.75, 3.05) is 25.0 Å². The summed E-state index contributed by atoms with van der Waals surface area (Å²) in [6.45, 7) is 8.61. The van der Waals surface area contributed by atoms with Gasteiger partial charge in [-0.15, -0.1) is 12.4 Å². The molecule has 2 saturated heterocycles. The second kappa shape index (κ2) is 15.6. The van der Waals surface area contributed by atoms with Crippen molar-refractivity contribution in [3.05, 3.63) is 65.5 Å². The van der Waals surface area contributed by atoms with E-state index in [0.717, 1.165) is 36.8 Å². The number of amides is 3. The summed E-state index contributed by atoms with van der Waals surface area (Å²) in [4.78, 5) is 43.8. The van der Waals surface area contributed by atoms with Crippen LogP contribution in [0.1, 0.15) is 70.4 Å². The van der Waals surface area contributed by atoms with E-state index >= 15 is 0 Å². The van der Waals surface area contributed by atoms with Gasteiger partial charge in [-0.2, -0.15) is 0 Å². The van der Waals surface area contributed by atoms with E-state index in [9.17, 15) is 23.9 Å². The minimum absolute atomic E-state index is 0. The molecule has 3 N–H and O–H groups in total. The standard InChI is InChI=1S/C33H45FN4O4.ClH/c1-4-7-18-38-31(41)29(30(40)25(5-2)6-3)36-32(42)33(38)16-19-37(20-17-33)22-24-10-14-27(15-11-24)35-28(39)21-23-8-12-26(34)13-9-23;/h8-15,25,29-30,40H,4-7,16-22H2,1-3H3,(H,35,39)(H,36,42);1H/t29-,30-;/m1./s1. The van der Waals surface area contributed by atoms with Crippen LogP contribution >= 0.6 is 12.4 Å². The Bertz CT molecular complexity index is 1210. The van der Waals surface area contributed by atoms with Crippen LogP contribution in [0.2, 0.25) is 0 Å². The number of aliphatic hydroxyl groups is 1. The predicted octanol–water partition coefficient (Wildman–Crippen LogP) is 4.69. The number of halogens is 2. The van der Waals surface area contributed by atoms with Crippen LogP contribution in [0.25, 0.3) is 0 Å². The van der Waals surface area contributed by atoms with Crippen LogP contribution in [0.5, 0.6) is 0 Å². The van der Waals surface area contributed by atoms with E-state index in [2.05, 4.69) is 22.5 Å². The lowest BCUT2D eigenvalue weighted by atomic mass is 9.79. The zero-order valence-corrected chi connectivity index (χ0v) is 26.3. The van der Waals surface area contributed by atoms with Gasteiger partial charge in [0.25, 0.3) is 0 Å². The molecule has 0 radical (unpaired) electrons. The molecule has 0 aromatic heterocycles. The number of likely N-dealkylation sites (tertiary alicyclic amines) is 1. The second-order valence-electron chi connectivity index (χ2n) is 11.7. The molecule has 2 fully saturated rings. The van der Waals surface area contributed by atoms with Crippen molar-refractivity contribution >= 4 is 35.8 Å². The molecule has 2 aromatic rings. The van der Waals surface area contributed by atoms with E-state index in [1.54, 1.807) is 17.0 Å². The molecule has 0 bridgehead atoms. The highest BCUT2D eigenvalue weighted by Gasteiger charge is 2.55. The Balaban J connectivity index is 0.00000506. The molecule has 2 heterocycles. The molecule has 2 aliphatic rings. The molecule has 4 rings (SSSR count). The number of aliphatic hydroxyl groups excluding tert-OH is 1. The highest BCUT2D eigenvalue weighted by atomic mass is 35.5. The van der Waals surface area contributed by atoms with Gasteiger partial charge in [-0.3, -0.25) is 19.3 Å². The predicted molar refractivity (Wildman–Crippen MR) is 168 cm³/mol. The lowest BCUT2D eigenvalue weighted by molar-refractivity contribution is -0.165. The fraction of sp³-hybridized carbons (Fsp3) is 0.545. The van der Waals surface area contributed by atoms with Crippen LogP contribution < -0.4 is 10.6 Å². The average molecular weight is 617 g/mol. The zero-order valence-electron chi connectivity index (χ0n) is 25.5. The number of hydrogen-bond donors (Lipinski definition) is 3. The summed E-state index contributed by atoms with van der Waals surface area (Å²) in [6, 6.07) is 12.7. The Hall–Kier alpha value is -3.01. The van der Waals surface area contributed by atoms with E-state index < -0.39 is 17.7 Å². The molecule has 236 valence electrons. The SMILES string of the molecule is CCCCN1C(=O)[C@@H]([C@H](O)C(CC)CC)NC(=O)C12CCN(Cc1ccc(NC(=O)Cc3ccc(F)cc3)cc1)CC2.Cl. The maximum Gasteiger partial charge on any atom is 0.248 e. The normalized spacial score (nSPS) is 19.2. The third-order valence-corrected chi connectivity index (χ3v) is 8.97. The Labute approximate surface area is 260 Å². The quantitative estimate of drug-likeness (QED) is 0.321. The molecule has 1 spiro atoms. The van der Waals surface area contributed by atoms with Crippen molar-refractivity contribution in [1.82, 2.24) is 15.1 Å². The lowest BCUT2D eigenvalue weighted by Gasteiger charge is -2.52. The number of anilines is 1. The first kappa shape index (κ1) is 34.5. The van der Waals surface area contributed by atoms with Gasteiger partial charge >= 0.3 is 0 Å². The molecule has 2 aliphatic heterocycles. The van der Waals surface area contributed by atoms with Crippen LogP contribution in [0.15, 0.2) is 48.5 Å². The van der Waals surface area contributed by atoms with Crippen LogP contribution in [0.3, 0.4) is 0 Å². The molecule has 3 amide bonds. The molecule has 0 saturated carbocycles. The Morgan fingerprint density at radius 1 is 1.02 bits per heavy atom. The van der Waals surface area contributed by atoms with E-state index in [4.69, 9.17) is 0 Å². The molecule has 8 nitrogen and oxygen atoms in total. The maximum atomic E-state index is 13.7. The van der Waals surface area contributed by atoms with Gasteiger partial charge in [0.05, 0.1) is 12.5 Å². The first-order chi connectivity index (χ1) is 20.2. The Morgan fingerprint density at radius 2 is 1.63 bits per heavy atom. The van der Waals surface area contributed by atoms with Crippen molar-refractivity contribution in [2.45, 2.75) is 89.9 Å². The first-order valence-corrected chi connectivity index (χ1v) is 15.4. The van der Waals surface area contributed by atoms with Gasteiger partial charge in [0.2, 0.25) is 17.7 Å². The fourth-order valence-electron chi connectivity index (χ4n) is 6.28. The zero-order chi connectivity index (χ0) is 30.3. The molecule has 43 heavy (non-hydrogen) atoms. The number of benzene rings is 2. The van der Waals surface area contributed by atoms with E-state index in [1.807, 2.05) is 38.1 Å². The fourth-order valence-corrected chi connectivity index (χ4v) is 6.28. The molecular weight excluding hydrogens is 571 g/mol. The number of unbranched alkanes of at least 4 members (excludes halogenated alkanes) is 1. The summed E-state index contributed by atoms with van der Waals surface area (Å²) >= 11 is 0. The molecule has 2 atom stereocenters. The van der Waals surface area contributed by atoms with E-state index in [0.29, 0.717) is 44.7 Å². The van der Waals surface area contributed by atoms with Gasteiger partial charge in [-0.25, -0.2) is 4.39 Å². The third kappa shape index (κ3) is 8.13. The first-order valence-electron chi connectivity index (χ1n) is 15.4. The summed E-state index contributed by atoms with van der Waals surface area (Å²) < 4.78 is 13.1. The Morgan fingerprint density at radius 3 is 2.21 bits per heavy atom. The summed E-state index contributed by atoms with van der Waals surface area (Å²) in [5.41, 5.74) is 1.64. The summed E-state index contributed by atoms with van der Waals surface area (Å²) in [5.74, 6) is -0.846. The molecule has 0 aliphatic carbocycles. The van der Waals surface area contributed by atoms with Gasteiger partial charge in [0.15, 0.2) is 0 Å².